The zero-order valence-corrected chi connectivity index (χ0v) is 5.46. The molecule has 0 heterocycles. The van der Waals surface area contributed by atoms with E-state index in [1.165, 1.54) is 5.01 Å². The van der Waals surface area contributed by atoms with E-state index in [9.17, 15) is 0 Å². The van der Waals surface area contributed by atoms with Gasteiger partial charge in [-0.2, -0.15) is 10.5 Å². The zero-order valence-electron chi connectivity index (χ0n) is 5.46. The number of nitrogens with zero attached hydrogens (tertiary/aromatic N) is 1. The van der Waals surface area contributed by atoms with Crippen LogP contribution in [0.4, 0.5) is 0 Å². The van der Waals surface area contributed by atoms with E-state index < -0.39 is 0 Å². The lowest BCUT2D eigenvalue weighted by Gasteiger charge is -2.16. The fraction of sp³-hybridized carbons (Fsp3) is 1.00. The summed E-state index contributed by atoms with van der Waals surface area (Å²) in [5, 5.41) is 18.0. The van der Waals surface area contributed by atoms with Gasteiger partial charge in [-0.05, 0) is 0 Å². The maximum atomic E-state index is 8.42. The zero-order chi connectivity index (χ0) is 7.11. The van der Waals surface area contributed by atoms with Crippen LogP contribution < -0.4 is 11.0 Å². The molecule has 0 saturated heterocycles. The maximum Gasteiger partial charge on any atom is 0.112 e. The highest BCUT2D eigenvalue weighted by Gasteiger charge is 1.94. The van der Waals surface area contributed by atoms with Crippen molar-refractivity contribution in [2.45, 2.75) is 6.92 Å². The Morgan fingerprint density at radius 2 is 1.89 bits per heavy atom. The van der Waals surface area contributed by atoms with Gasteiger partial charge in [-0.15, -0.1) is 0 Å². The highest BCUT2D eigenvalue weighted by Crippen LogP contribution is 1.69. The van der Waals surface area contributed by atoms with E-state index in [1.54, 1.807) is 0 Å². The first-order valence-electron chi connectivity index (χ1n) is 2.80. The number of rotatable bonds is 5. The molecule has 9 heavy (non-hydrogen) atoms. The molecule has 0 unspecified atom stereocenters. The van der Waals surface area contributed by atoms with Crippen molar-refractivity contribution < 1.29 is 10.2 Å². The van der Waals surface area contributed by atoms with Crippen LogP contribution in [-0.4, -0.2) is 35.2 Å². The summed E-state index contributed by atoms with van der Waals surface area (Å²) < 4.78 is 0. The van der Waals surface area contributed by atoms with Crippen LogP contribution in [-0.2, 0) is 0 Å². The molecule has 0 radical (unpaired) electrons. The summed E-state index contributed by atoms with van der Waals surface area (Å²) in [4.78, 5) is 0. The van der Waals surface area contributed by atoms with Crippen molar-refractivity contribution in [1.29, 1.82) is 0 Å². The number of nitrogens with one attached hydrogen (secondary N) is 2. The van der Waals surface area contributed by atoms with Crippen molar-refractivity contribution in [2.75, 3.05) is 20.0 Å². The second-order valence-electron chi connectivity index (χ2n) is 1.46. The van der Waals surface area contributed by atoms with Crippen molar-refractivity contribution in [2.24, 2.45) is 0 Å². The van der Waals surface area contributed by atoms with Gasteiger partial charge in [0.1, 0.15) is 13.5 Å². The molecule has 0 rings (SSSR count). The van der Waals surface area contributed by atoms with Crippen molar-refractivity contribution in [3.63, 3.8) is 0 Å². The second-order valence-corrected chi connectivity index (χ2v) is 1.46. The Hall–Kier alpha value is -0.200. The van der Waals surface area contributed by atoms with Crippen molar-refractivity contribution >= 4 is 0 Å². The molecule has 5 nitrogen and oxygen atoms in total. The molecular weight excluding hydrogens is 122 g/mol. The van der Waals surface area contributed by atoms with E-state index in [4.69, 9.17) is 10.2 Å². The third kappa shape index (κ3) is 4.31. The predicted molar refractivity (Wildman–Crippen MR) is 32.8 cm³/mol. The largest absolute Gasteiger partial charge is 0.380 e. The molecule has 0 aromatic carbocycles. The third-order valence-electron chi connectivity index (χ3n) is 0.755. The fourth-order valence-corrected chi connectivity index (χ4v) is 0.306. The topological polar surface area (TPSA) is 67.8 Å². The molecule has 56 valence electrons. The normalized spacial score (nSPS) is 10.7. The number of hydrogen-bond acceptors (Lipinski definition) is 5. The maximum absolute atomic E-state index is 8.42. The van der Waals surface area contributed by atoms with Crippen LogP contribution >= 0.6 is 0 Å². The molecule has 0 bridgehead atoms. The monoisotopic (exact) mass is 135 g/mol. The van der Waals surface area contributed by atoms with Gasteiger partial charge in [-0.1, -0.05) is 6.92 Å². The van der Waals surface area contributed by atoms with E-state index in [-0.39, 0.29) is 13.5 Å². The predicted octanol–water partition coefficient (Wildman–Crippen LogP) is -1.78. The minimum Gasteiger partial charge on any atom is -0.380 e. The molecule has 0 aliphatic carbocycles. The van der Waals surface area contributed by atoms with Gasteiger partial charge in [0, 0.05) is 6.54 Å². The standard InChI is InChI=1S/C4H13N3O2/c1-2-5-6-7(3-8)4-9/h5-6,8-9H,2-4H2,1H3. The SMILES string of the molecule is CCNNN(CO)CO. The minimum atomic E-state index is -0.219. The van der Waals surface area contributed by atoms with E-state index in [0.717, 1.165) is 6.54 Å². The summed E-state index contributed by atoms with van der Waals surface area (Å²) in [5.74, 6) is 0. The van der Waals surface area contributed by atoms with Gasteiger partial charge in [0.25, 0.3) is 0 Å². The first kappa shape index (κ1) is 8.80. The summed E-state index contributed by atoms with van der Waals surface area (Å²) in [5.41, 5.74) is 5.26. The van der Waals surface area contributed by atoms with Crippen molar-refractivity contribution in [3.8, 4) is 0 Å². The molecule has 0 aliphatic rings. The molecule has 0 aromatic rings. The summed E-state index contributed by atoms with van der Waals surface area (Å²) in [6.07, 6.45) is 0. The summed E-state index contributed by atoms with van der Waals surface area (Å²) in [6.45, 7) is 2.20. The molecule has 0 spiro atoms. The van der Waals surface area contributed by atoms with E-state index in [0.29, 0.717) is 0 Å². The Labute approximate surface area is 54.2 Å². The van der Waals surface area contributed by atoms with Crippen LogP contribution in [0.2, 0.25) is 0 Å². The Bertz CT molecular complexity index is 57.8. The van der Waals surface area contributed by atoms with Crippen LogP contribution in [0, 0.1) is 0 Å². The average molecular weight is 135 g/mol. The highest BCUT2D eigenvalue weighted by molar-refractivity contribution is 4.29. The van der Waals surface area contributed by atoms with E-state index >= 15 is 0 Å². The molecule has 0 aliphatic heterocycles. The van der Waals surface area contributed by atoms with Gasteiger partial charge in [0.2, 0.25) is 0 Å². The molecule has 4 N–H and O–H groups in total. The molecule has 0 aromatic heterocycles. The van der Waals surface area contributed by atoms with Crippen LogP contribution in [0.25, 0.3) is 0 Å². The Morgan fingerprint density at radius 1 is 1.33 bits per heavy atom. The van der Waals surface area contributed by atoms with Gasteiger partial charge < -0.3 is 10.2 Å². The van der Waals surface area contributed by atoms with Crippen LogP contribution in [0.15, 0.2) is 0 Å². The summed E-state index contributed by atoms with van der Waals surface area (Å²) >= 11 is 0. The lowest BCUT2D eigenvalue weighted by Crippen LogP contribution is -2.47. The Kier molecular flexibility index (Phi) is 5.80. The lowest BCUT2D eigenvalue weighted by atomic mass is 10.8. The number of hydrogen-bond donors (Lipinski definition) is 4. The van der Waals surface area contributed by atoms with E-state index in [1.807, 2.05) is 6.92 Å². The highest BCUT2D eigenvalue weighted by atomic mass is 16.3. The van der Waals surface area contributed by atoms with Gasteiger partial charge >= 0.3 is 0 Å². The average Bonchev–Trinajstić information content (AvgIpc) is 1.91. The molecule has 5 heteroatoms. The molecule has 0 atom stereocenters. The third-order valence-corrected chi connectivity index (χ3v) is 0.755. The minimum absolute atomic E-state index is 0.219. The lowest BCUT2D eigenvalue weighted by molar-refractivity contribution is -0.0232. The van der Waals surface area contributed by atoms with Gasteiger partial charge in [-0.25, -0.2) is 5.43 Å². The fourth-order valence-electron chi connectivity index (χ4n) is 0.306. The Balaban J connectivity index is 3.09. The number of aliphatic hydroxyl groups excluding tert-OH is 2. The molecule has 0 fully saturated rings. The van der Waals surface area contributed by atoms with Gasteiger partial charge in [0.15, 0.2) is 0 Å². The Morgan fingerprint density at radius 3 is 2.22 bits per heavy atom. The van der Waals surface area contributed by atoms with Crippen molar-refractivity contribution in [3.05, 3.63) is 0 Å². The molecule has 0 saturated carbocycles. The first-order valence-corrected chi connectivity index (χ1v) is 2.80. The number of hydrazine groups is 2. The quantitative estimate of drug-likeness (QED) is 0.265. The van der Waals surface area contributed by atoms with Crippen LogP contribution in [0.3, 0.4) is 0 Å². The smallest absolute Gasteiger partial charge is 0.112 e. The number of aliphatic hydroxyl groups is 2. The molecular formula is C4H13N3O2. The summed E-state index contributed by atoms with van der Waals surface area (Å²) in [6, 6.07) is 0. The van der Waals surface area contributed by atoms with Crippen LogP contribution in [0.5, 0.6) is 0 Å². The van der Waals surface area contributed by atoms with Gasteiger partial charge in [0.05, 0.1) is 0 Å². The molecule has 0 amide bonds. The second kappa shape index (κ2) is 5.93. The van der Waals surface area contributed by atoms with Gasteiger partial charge in [-0.3, -0.25) is 0 Å². The van der Waals surface area contributed by atoms with Crippen molar-refractivity contribution in [1.82, 2.24) is 16.0 Å². The summed E-state index contributed by atoms with van der Waals surface area (Å²) in [7, 11) is 0. The van der Waals surface area contributed by atoms with Crippen LogP contribution in [0.1, 0.15) is 6.92 Å². The van der Waals surface area contributed by atoms with E-state index in [2.05, 4.69) is 11.0 Å². The first-order chi connectivity index (χ1) is 4.35.